The summed E-state index contributed by atoms with van der Waals surface area (Å²) in [6.07, 6.45) is 5.31. The van der Waals surface area contributed by atoms with Crippen LogP contribution in [0.1, 0.15) is 37.0 Å². The molecule has 0 aliphatic carbocycles. The SMILES string of the molecule is CC(C)n1cnnc1CN(C)c1nc(-c2ccncc2)nc2c1CNC2. The van der Waals surface area contributed by atoms with Crippen molar-refractivity contribution >= 4 is 5.82 Å². The molecule has 0 saturated carbocycles. The molecule has 0 bridgehead atoms. The van der Waals surface area contributed by atoms with Crippen LogP contribution in [0.25, 0.3) is 11.4 Å². The van der Waals surface area contributed by atoms with Gasteiger partial charge in [-0.05, 0) is 26.0 Å². The summed E-state index contributed by atoms with van der Waals surface area (Å²) in [6, 6.07) is 4.19. The largest absolute Gasteiger partial charge is 0.352 e. The summed E-state index contributed by atoms with van der Waals surface area (Å²) in [5, 5.41) is 11.7. The molecule has 0 amide bonds. The van der Waals surface area contributed by atoms with E-state index in [1.807, 2.05) is 19.2 Å². The summed E-state index contributed by atoms with van der Waals surface area (Å²) in [5.74, 6) is 2.58. The molecule has 1 aliphatic heterocycles. The van der Waals surface area contributed by atoms with E-state index in [1.165, 1.54) is 0 Å². The van der Waals surface area contributed by atoms with E-state index >= 15 is 0 Å². The van der Waals surface area contributed by atoms with Crippen LogP contribution in [0.5, 0.6) is 0 Å². The number of rotatable bonds is 5. The molecule has 0 fully saturated rings. The second-order valence-corrected chi connectivity index (χ2v) is 6.74. The zero-order valence-corrected chi connectivity index (χ0v) is 15.2. The van der Waals surface area contributed by atoms with Gasteiger partial charge in [0.25, 0.3) is 0 Å². The summed E-state index contributed by atoms with van der Waals surface area (Å²) in [4.78, 5) is 15.8. The first kappa shape index (κ1) is 16.6. The molecule has 0 unspecified atom stereocenters. The van der Waals surface area contributed by atoms with Crippen LogP contribution < -0.4 is 10.2 Å². The third-order valence-electron chi connectivity index (χ3n) is 4.55. The summed E-state index contributed by atoms with van der Waals surface area (Å²) < 4.78 is 2.08. The van der Waals surface area contributed by atoms with Gasteiger partial charge in [-0.1, -0.05) is 0 Å². The monoisotopic (exact) mass is 350 g/mol. The van der Waals surface area contributed by atoms with Crippen LogP contribution in [0.15, 0.2) is 30.9 Å². The first-order valence-corrected chi connectivity index (χ1v) is 8.74. The molecule has 1 N–H and O–H groups in total. The highest BCUT2D eigenvalue weighted by Gasteiger charge is 2.23. The third-order valence-corrected chi connectivity index (χ3v) is 4.55. The lowest BCUT2D eigenvalue weighted by molar-refractivity contribution is 0.564. The Morgan fingerprint density at radius 1 is 1.19 bits per heavy atom. The van der Waals surface area contributed by atoms with Crippen LogP contribution in [0.3, 0.4) is 0 Å². The van der Waals surface area contributed by atoms with Crippen LogP contribution in [0, 0.1) is 0 Å². The average molecular weight is 350 g/mol. The van der Waals surface area contributed by atoms with E-state index in [2.05, 4.69) is 43.8 Å². The summed E-state index contributed by atoms with van der Waals surface area (Å²) in [7, 11) is 2.04. The van der Waals surface area contributed by atoms with Gasteiger partial charge in [0.15, 0.2) is 11.6 Å². The fraction of sp³-hybridized carbons (Fsp3) is 0.389. The van der Waals surface area contributed by atoms with Crippen LogP contribution in [-0.4, -0.2) is 36.8 Å². The first-order valence-electron chi connectivity index (χ1n) is 8.74. The summed E-state index contributed by atoms with van der Waals surface area (Å²) in [5.41, 5.74) is 3.18. The van der Waals surface area contributed by atoms with Crippen LogP contribution in [0.4, 0.5) is 5.82 Å². The lowest BCUT2D eigenvalue weighted by Crippen LogP contribution is -2.23. The van der Waals surface area contributed by atoms with E-state index in [9.17, 15) is 0 Å². The van der Waals surface area contributed by atoms with Gasteiger partial charge in [0.1, 0.15) is 12.1 Å². The predicted molar refractivity (Wildman–Crippen MR) is 98.3 cm³/mol. The fourth-order valence-corrected chi connectivity index (χ4v) is 3.19. The second-order valence-electron chi connectivity index (χ2n) is 6.74. The molecule has 0 spiro atoms. The molecule has 134 valence electrons. The highest BCUT2D eigenvalue weighted by molar-refractivity contribution is 5.60. The highest BCUT2D eigenvalue weighted by atomic mass is 15.3. The minimum atomic E-state index is 0.318. The number of hydrogen-bond acceptors (Lipinski definition) is 7. The summed E-state index contributed by atoms with van der Waals surface area (Å²) in [6.45, 7) is 6.43. The third kappa shape index (κ3) is 3.03. The highest BCUT2D eigenvalue weighted by Crippen LogP contribution is 2.28. The van der Waals surface area contributed by atoms with Gasteiger partial charge in [0.05, 0.1) is 12.2 Å². The lowest BCUT2D eigenvalue weighted by Gasteiger charge is -2.22. The maximum atomic E-state index is 4.86. The van der Waals surface area contributed by atoms with Gasteiger partial charge in [-0.3, -0.25) is 4.98 Å². The van der Waals surface area contributed by atoms with Crippen LogP contribution in [0.2, 0.25) is 0 Å². The maximum absolute atomic E-state index is 4.86. The zero-order valence-electron chi connectivity index (χ0n) is 15.2. The van der Waals surface area contributed by atoms with E-state index in [0.717, 1.165) is 47.4 Å². The van der Waals surface area contributed by atoms with E-state index in [4.69, 9.17) is 9.97 Å². The van der Waals surface area contributed by atoms with Crippen LogP contribution >= 0.6 is 0 Å². The molecule has 0 radical (unpaired) electrons. The van der Waals surface area contributed by atoms with Gasteiger partial charge in [-0.15, -0.1) is 10.2 Å². The normalized spacial score (nSPS) is 13.2. The Bertz CT molecular complexity index is 903. The van der Waals surface area contributed by atoms with E-state index in [1.54, 1.807) is 18.7 Å². The molecule has 4 heterocycles. The molecule has 0 saturated heterocycles. The van der Waals surface area contributed by atoms with Crippen molar-refractivity contribution in [1.82, 2.24) is 35.0 Å². The molecule has 3 aromatic heterocycles. The van der Waals surface area contributed by atoms with E-state index < -0.39 is 0 Å². The average Bonchev–Trinajstić information content (AvgIpc) is 3.30. The van der Waals surface area contributed by atoms with Crippen molar-refractivity contribution in [2.45, 2.75) is 39.5 Å². The fourth-order valence-electron chi connectivity index (χ4n) is 3.19. The molecule has 1 aliphatic rings. The number of nitrogens with zero attached hydrogens (tertiary/aromatic N) is 7. The van der Waals surface area contributed by atoms with Crippen molar-refractivity contribution in [2.75, 3.05) is 11.9 Å². The van der Waals surface area contributed by atoms with E-state index in [0.29, 0.717) is 12.6 Å². The number of fused-ring (bicyclic) bond motifs is 1. The van der Waals surface area contributed by atoms with Crippen LogP contribution in [-0.2, 0) is 19.6 Å². The number of nitrogens with one attached hydrogen (secondary N) is 1. The quantitative estimate of drug-likeness (QED) is 0.753. The van der Waals surface area contributed by atoms with Gasteiger partial charge in [0, 0.05) is 49.7 Å². The Morgan fingerprint density at radius 2 is 2.00 bits per heavy atom. The topological polar surface area (TPSA) is 84.7 Å². The maximum Gasteiger partial charge on any atom is 0.161 e. The van der Waals surface area contributed by atoms with E-state index in [-0.39, 0.29) is 0 Å². The molecular formula is C18H22N8. The van der Waals surface area contributed by atoms with Gasteiger partial charge in [-0.2, -0.15) is 0 Å². The summed E-state index contributed by atoms with van der Waals surface area (Å²) >= 11 is 0. The van der Waals surface area contributed by atoms with Crippen molar-refractivity contribution in [3.05, 3.63) is 47.9 Å². The Balaban J connectivity index is 1.71. The molecule has 8 nitrogen and oxygen atoms in total. The Kier molecular flexibility index (Phi) is 4.34. The Hall–Kier alpha value is -2.87. The first-order chi connectivity index (χ1) is 12.6. The minimum Gasteiger partial charge on any atom is -0.352 e. The van der Waals surface area contributed by atoms with Crippen molar-refractivity contribution in [3.8, 4) is 11.4 Å². The molecule has 4 rings (SSSR count). The van der Waals surface area contributed by atoms with Crippen molar-refractivity contribution in [3.63, 3.8) is 0 Å². The van der Waals surface area contributed by atoms with Gasteiger partial charge in [-0.25, -0.2) is 9.97 Å². The van der Waals surface area contributed by atoms with Crippen molar-refractivity contribution < 1.29 is 0 Å². The second kappa shape index (κ2) is 6.80. The van der Waals surface area contributed by atoms with Crippen molar-refractivity contribution in [1.29, 1.82) is 0 Å². The number of hydrogen-bond donors (Lipinski definition) is 1. The van der Waals surface area contributed by atoms with Gasteiger partial charge >= 0.3 is 0 Å². The lowest BCUT2D eigenvalue weighted by atomic mass is 10.2. The number of anilines is 1. The minimum absolute atomic E-state index is 0.318. The molecule has 0 atom stereocenters. The molecule has 0 aromatic carbocycles. The molecule has 26 heavy (non-hydrogen) atoms. The molecular weight excluding hydrogens is 328 g/mol. The molecule has 3 aromatic rings. The Labute approximate surface area is 152 Å². The molecule has 8 heteroatoms. The standard InChI is InChI=1S/C18H22N8/c1-12(2)26-11-21-24-16(26)10-25(3)18-14-8-20-9-15(14)22-17(23-18)13-4-6-19-7-5-13/h4-7,11-12,20H,8-10H2,1-3H3. The van der Waals surface area contributed by atoms with Gasteiger partial charge in [0.2, 0.25) is 0 Å². The number of pyridine rings is 1. The number of aromatic nitrogens is 6. The predicted octanol–water partition coefficient (Wildman–Crippen LogP) is 1.95. The Morgan fingerprint density at radius 3 is 2.77 bits per heavy atom. The van der Waals surface area contributed by atoms with Crippen molar-refractivity contribution in [2.24, 2.45) is 0 Å². The van der Waals surface area contributed by atoms with Gasteiger partial charge < -0.3 is 14.8 Å². The zero-order chi connectivity index (χ0) is 18.1. The smallest absolute Gasteiger partial charge is 0.161 e.